The average molecular weight is 201 g/mol. The minimum absolute atomic E-state index is 0.364. The van der Waals surface area contributed by atoms with E-state index < -0.39 is 0 Å². The topological polar surface area (TPSA) is 41.5 Å². The van der Waals surface area contributed by atoms with Crippen molar-refractivity contribution in [2.75, 3.05) is 20.2 Å². The Balaban J connectivity index is 2.10. The number of ether oxygens (including phenoxy) is 1. The summed E-state index contributed by atoms with van der Waals surface area (Å²) in [6, 6.07) is 0. The van der Waals surface area contributed by atoms with E-state index in [0.717, 1.165) is 18.8 Å². The molecule has 0 aromatic heterocycles. The zero-order valence-corrected chi connectivity index (χ0v) is 9.33. The summed E-state index contributed by atoms with van der Waals surface area (Å²) in [4.78, 5) is 0. The third-order valence-corrected chi connectivity index (χ3v) is 2.85. The molecule has 0 bridgehead atoms. The summed E-state index contributed by atoms with van der Waals surface area (Å²) < 4.78 is 5.68. The first kappa shape index (κ1) is 12.0. The van der Waals surface area contributed by atoms with Crippen molar-refractivity contribution in [1.29, 1.82) is 0 Å². The second-order valence-corrected chi connectivity index (χ2v) is 4.44. The molecule has 1 fully saturated rings. The van der Waals surface area contributed by atoms with Crippen molar-refractivity contribution in [3.8, 4) is 0 Å². The van der Waals surface area contributed by atoms with Gasteiger partial charge in [-0.25, -0.2) is 0 Å². The molecular formula is C11H23NO2. The molecule has 3 heteroatoms. The second-order valence-electron chi connectivity index (χ2n) is 4.44. The highest BCUT2D eigenvalue weighted by molar-refractivity contribution is 4.71. The van der Waals surface area contributed by atoms with Gasteiger partial charge >= 0.3 is 0 Å². The van der Waals surface area contributed by atoms with E-state index in [2.05, 4.69) is 12.2 Å². The SMILES string of the molecule is CNCC(O)COC1CCCC(C)C1. The molecule has 1 aliphatic carbocycles. The lowest BCUT2D eigenvalue weighted by atomic mass is 9.89. The van der Waals surface area contributed by atoms with Crippen molar-refractivity contribution in [3.05, 3.63) is 0 Å². The van der Waals surface area contributed by atoms with Gasteiger partial charge in [0.1, 0.15) is 0 Å². The quantitative estimate of drug-likeness (QED) is 0.701. The van der Waals surface area contributed by atoms with Gasteiger partial charge in [-0.15, -0.1) is 0 Å². The molecule has 0 radical (unpaired) electrons. The summed E-state index contributed by atoms with van der Waals surface area (Å²) in [5.74, 6) is 0.787. The van der Waals surface area contributed by atoms with E-state index in [1.807, 2.05) is 7.05 Å². The first-order valence-corrected chi connectivity index (χ1v) is 5.66. The predicted molar refractivity (Wildman–Crippen MR) is 57.3 cm³/mol. The van der Waals surface area contributed by atoms with Crippen LogP contribution in [-0.2, 0) is 4.74 Å². The van der Waals surface area contributed by atoms with Crippen LogP contribution >= 0.6 is 0 Å². The molecule has 2 N–H and O–H groups in total. The fraction of sp³-hybridized carbons (Fsp3) is 1.00. The van der Waals surface area contributed by atoms with Crippen LogP contribution in [0.15, 0.2) is 0 Å². The van der Waals surface area contributed by atoms with E-state index in [4.69, 9.17) is 4.74 Å². The number of rotatable bonds is 5. The predicted octanol–water partition coefficient (Wildman–Crippen LogP) is 1.16. The molecule has 0 aliphatic heterocycles. The normalized spacial score (nSPS) is 30.2. The maximum absolute atomic E-state index is 9.46. The summed E-state index contributed by atoms with van der Waals surface area (Å²) in [7, 11) is 1.84. The van der Waals surface area contributed by atoms with Gasteiger partial charge in [0.05, 0.1) is 18.8 Å². The van der Waals surface area contributed by atoms with Gasteiger partial charge in [0.15, 0.2) is 0 Å². The summed E-state index contributed by atoms with van der Waals surface area (Å²) in [6.45, 7) is 3.36. The molecule has 1 rings (SSSR count). The van der Waals surface area contributed by atoms with Gasteiger partial charge in [0, 0.05) is 6.54 Å². The van der Waals surface area contributed by atoms with Crippen LogP contribution in [0.25, 0.3) is 0 Å². The first-order valence-electron chi connectivity index (χ1n) is 5.66. The van der Waals surface area contributed by atoms with Crippen LogP contribution < -0.4 is 5.32 Å². The molecule has 3 nitrogen and oxygen atoms in total. The van der Waals surface area contributed by atoms with Gasteiger partial charge in [-0.1, -0.05) is 19.8 Å². The molecule has 0 amide bonds. The Morgan fingerprint density at radius 2 is 2.29 bits per heavy atom. The van der Waals surface area contributed by atoms with Crippen LogP contribution in [0.5, 0.6) is 0 Å². The lowest BCUT2D eigenvalue weighted by molar-refractivity contribution is -0.0301. The molecule has 0 aromatic rings. The molecule has 0 heterocycles. The fourth-order valence-electron chi connectivity index (χ4n) is 2.07. The van der Waals surface area contributed by atoms with Crippen LogP contribution in [-0.4, -0.2) is 37.5 Å². The Hall–Kier alpha value is -0.120. The molecule has 14 heavy (non-hydrogen) atoms. The third-order valence-electron chi connectivity index (χ3n) is 2.85. The zero-order chi connectivity index (χ0) is 10.4. The smallest absolute Gasteiger partial charge is 0.0897 e. The summed E-state index contributed by atoms with van der Waals surface area (Å²) in [6.07, 6.45) is 4.94. The molecule has 84 valence electrons. The van der Waals surface area contributed by atoms with Crippen molar-refractivity contribution in [2.24, 2.45) is 5.92 Å². The van der Waals surface area contributed by atoms with Gasteiger partial charge < -0.3 is 15.2 Å². The Morgan fingerprint density at radius 3 is 2.93 bits per heavy atom. The highest BCUT2D eigenvalue weighted by atomic mass is 16.5. The van der Waals surface area contributed by atoms with Crippen molar-refractivity contribution < 1.29 is 9.84 Å². The number of hydrogen-bond donors (Lipinski definition) is 2. The lowest BCUT2D eigenvalue weighted by Gasteiger charge is -2.27. The number of hydrogen-bond acceptors (Lipinski definition) is 3. The molecule has 3 atom stereocenters. The minimum Gasteiger partial charge on any atom is -0.389 e. The van der Waals surface area contributed by atoms with Gasteiger partial charge in [-0.3, -0.25) is 0 Å². The van der Waals surface area contributed by atoms with Crippen LogP contribution in [0.4, 0.5) is 0 Å². The van der Waals surface area contributed by atoms with Crippen molar-refractivity contribution in [2.45, 2.75) is 44.8 Å². The van der Waals surface area contributed by atoms with Gasteiger partial charge in [0.2, 0.25) is 0 Å². The van der Waals surface area contributed by atoms with E-state index in [1.165, 1.54) is 12.8 Å². The molecule has 0 spiro atoms. The zero-order valence-electron chi connectivity index (χ0n) is 9.33. The largest absolute Gasteiger partial charge is 0.389 e. The maximum atomic E-state index is 9.46. The van der Waals surface area contributed by atoms with E-state index in [9.17, 15) is 5.11 Å². The van der Waals surface area contributed by atoms with E-state index in [1.54, 1.807) is 0 Å². The third kappa shape index (κ3) is 4.40. The van der Waals surface area contributed by atoms with Crippen LogP contribution in [0.2, 0.25) is 0 Å². The summed E-state index contributed by atoms with van der Waals surface area (Å²) in [5, 5.41) is 12.4. The first-order chi connectivity index (χ1) is 6.72. The standard InChI is InChI=1S/C11H23NO2/c1-9-4-3-5-11(6-9)14-8-10(13)7-12-2/h9-13H,3-8H2,1-2H3. The molecule has 1 saturated carbocycles. The molecular weight excluding hydrogens is 178 g/mol. The number of aliphatic hydroxyl groups excluding tert-OH is 1. The van der Waals surface area contributed by atoms with Crippen LogP contribution in [0.3, 0.4) is 0 Å². The van der Waals surface area contributed by atoms with E-state index >= 15 is 0 Å². The monoisotopic (exact) mass is 201 g/mol. The van der Waals surface area contributed by atoms with Crippen LogP contribution in [0.1, 0.15) is 32.6 Å². The second kappa shape index (κ2) is 6.38. The number of nitrogens with one attached hydrogen (secondary N) is 1. The van der Waals surface area contributed by atoms with Gasteiger partial charge in [-0.05, 0) is 25.8 Å². The van der Waals surface area contributed by atoms with Crippen molar-refractivity contribution >= 4 is 0 Å². The molecule has 0 saturated heterocycles. The molecule has 3 unspecified atom stereocenters. The van der Waals surface area contributed by atoms with Gasteiger partial charge in [0.25, 0.3) is 0 Å². The summed E-state index contributed by atoms with van der Waals surface area (Å²) >= 11 is 0. The van der Waals surface area contributed by atoms with E-state index in [0.29, 0.717) is 19.3 Å². The molecule has 0 aromatic carbocycles. The van der Waals surface area contributed by atoms with Crippen LogP contribution in [0, 0.1) is 5.92 Å². The lowest BCUT2D eigenvalue weighted by Crippen LogP contribution is -2.31. The van der Waals surface area contributed by atoms with Crippen molar-refractivity contribution in [1.82, 2.24) is 5.32 Å². The average Bonchev–Trinajstić information content (AvgIpc) is 2.15. The fourth-order valence-corrected chi connectivity index (χ4v) is 2.07. The maximum Gasteiger partial charge on any atom is 0.0897 e. The number of likely N-dealkylation sites (N-methyl/N-ethyl adjacent to an activating group) is 1. The summed E-state index contributed by atoms with van der Waals surface area (Å²) in [5.41, 5.74) is 0. The Bertz CT molecular complexity index is 152. The Labute approximate surface area is 86.8 Å². The van der Waals surface area contributed by atoms with Crippen molar-refractivity contribution in [3.63, 3.8) is 0 Å². The van der Waals surface area contributed by atoms with Gasteiger partial charge in [-0.2, -0.15) is 0 Å². The van der Waals surface area contributed by atoms with E-state index in [-0.39, 0.29) is 6.10 Å². The highest BCUT2D eigenvalue weighted by Crippen LogP contribution is 2.25. The molecule has 1 aliphatic rings. The Morgan fingerprint density at radius 1 is 1.50 bits per heavy atom. The minimum atomic E-state index is -0.364. The Kier molecular flexibility index (Phi) is 5.45. The highest BCUT2D eigenvalue weighted by Gasteiger charge is 2.19. The number of aliphatic hydroxyl groups is 1.